The van der Waals surface area contributed by atoms with Gasteiger partial charge in [-0.05, 0) is 43.7 Å². The largest absolute Gasteiger partial charge is 0.337 e. The molecule has 1 aliphatic rings. The molecule has 0 unspecified atom stereocenters. The third kappa shape index (κ3) is 5.40. The molecule has 2 aromatic carbocycles. The van der Waals surface area contributed by atoms with Gasteiger partial charge in [0.05, 0.1) is 6.54 Å². The number of carbonyl (C=O) groups is 2. The Labute approximate surface area is 195 Å². The van der Waals surface area contributed by atoms with E-state index >= 15 is 0 Å². The van der Waals surface area contributed by atoms with Gasteiger partial charge < -0.3 is 5.32 Å². The fourth-order valence-electron chi connectivity index (χ4n) is 3.32. The minimum atomic E-state index is -1.25. The summed E-state index contributed by atoms with van der Waals surface area (Å²) >= 11 is 0. The van der Waals surface area contributed by atoms with Crippen LogP contribution in [0.1, 0.15) is 25.8 Å². The van der Waals surface area contributed by atoms with Gasteiger partial charge in [-0.2, -0.15) is 4.98 Å². The van der Waals surface area contributed by atoms with Crippen LogP contribution in [0.4, 0.5) is 10.3 Å². The number of rotatable bonds is 7. The molecule has 2 amide bonds. The Bertz CT molecular complexity index is 1250. The Morgan fingerprint density at radius 3 is 2.50 bits per heavy atom. The number of nitrogens with one attached hydrogen (secondary N) is 2. The quantitative estimate of drug-likeness (QED) is 0.563. The zero-order valence-electron chi connectivity index (χ0n) is 18.8. The van der Waals surface area contributed by atoms with Crippen LogP contribution >= 0.6 is 0 Å². The molecular weight excluding hydrogens is 437 g/mol. The molecule has 10 heteroatoms. The summed E-state index contributed by atoms with van der Waals surface area (Å²) in [6.45, 7) is 4.05. The summed E-state index contributed by atoms with van der Waals surface area (Å²) in [4.78, 5) is 37.9. The van der Waals surface area contributed by atoms with Gasteiger partial charge in [0, 0.05) is 18.5 Å². The Hall–Kier alpha value is -4.21. The number of halogens is 1. The number of aliphatic imine (C=N–C) groups is 2. The molecule has 3 aromatic rings. The highest BCUT2D eigenvalue weighted by Crippen LogP contribution is 2.21. The molecular formula is C24H24FN7O2. The summed E-state index contributed by atoms with van der Waals surface area (Å²) in [5.41, 5.74) is 0.697. The summed E-state index contributed by atoms with van der Waals surface area (Å²) in [6, 6.07) is 15.5. The van der Waals surface area contributed by atoms with Crippen molar-refractivity contribution in [2.45, 2.75) is 32.4 Å². The lowest BCUT2D eigenvalue weighted by Crippen LogP contribution is -2.54. The van der Waals surface area contributed by atoms with Crippen molar-refractivity contribution in [3.05, 3.63) is 66.0 Å². The van der Waals surface area contributed by atoms with E-state index in [0.29, 0.717) is 36.6 Å². The summed E-state index contributed by atoms with van der Waals surface area (Å²) in [7, 11) is 0. The number of carbonyl (C=O) groups excluding carboxylic acids is 2. The second kappa shape index (κ2) is 9.74. The average Bonchev–Trinajstić information content (AvgIpc) is 3.22. The highest BCUT2D eigenvalue weighted by atomic mass is 19.1. The molecule has 4 rings (SSSR count). The Kier molecular flexibility index (Phi) is 6.58. The van der Waals surface area contributed by atoms with Crippen LogP contribution in [-0.2, 0) is 16.1 Å². The smallest absolute Gasteiger partial charge is 0.266 e. The topological polar surface area (TPSA) is 114 Å². The number of anilines is 1. The van der Waals surface area contributed by atoms with E-state index in [1.54, 1.807) is 30.7 Å². The van der Waals surface area contributed by atoms with Gasteiger partial charge in [-0.1, -0.05) is 30.3 Å². The highest BCUT2D eigenvalue weighted by Gasteiger charge is 2.32. The number of aromatic nitrogens is 3. The molecule has 174 valence electrons. The Balaban J connectivity index is 1.56. The second-order valence-corrected chi connectivity index (χ2v) is 8.29. The van der Waals surface area contributed by atoms with E-state index < -0.39 is 17.4 Å². The van der Waals surface area contributed by atoms with Crippen LogP contribution in [0, 0.1) is 5.82 Å². The molecule has 2 N–H and O–H groups in total. The predicted octanol–water partition coefficient (Wildman–Crippen LogP) is 2.84. The maximum absolute atomic E-state index is 13.4. The predicted molar refractivity (Wildman–Crippen MR) is 127 cm³/mol. The lowest BCUT2D eigenvalue weighted by atomic mass is 10.0. The molecule has 2 heterocycles. The van der Waals surface area contributed by atoms with Crippen LogP contribution in [0.3, 0.4) is 0 Å². The van der Waals surface area contributed by atoms with Crippen molar-refractivity contribution in [3.8, 4) is 11.4 Å². The Morgan fingerprint density at radius 1 is 1.09 bits per heavy atom. The van der Waals surface area contributed by atoms with E-state index in [1.165, 1.54) is 18.5 Å². The SMILES string of the molecule is CC(C)(NC(=O)C1=NC=NCC1)C(=O)Nc1nc(-c2ccc(F)cc2)n(Cc2ccccc2)n1. The van der Waals surface area contributed by atoms with Crippen molar-refractivity contribution in [1.82, 2.24) is 20.1 Å². The fourth-order valence-corrected chi connectivity index (χ4v) is 3.32. The first-order valence-corrected chi connectivity index (χ1v) is 10.8. The molecule has 0 bridgehead atoms. The molecule has 0 fully saturated rings. The number of amides is 2. The van der Waals surface area contributed by atoms with Crippen molar-refractivity contribution in [1.29, 1.82) is 0 Å². The van der Waals surface area contributed by atoms with E-state index in [0.717, 1.165) is 5.56 Å². The van der Waals surface area contributed by atoms with Gasteiger partial charge in [-0.3, -0.25) is 19.9 Å². The molecule has 0 saturated heterocycles. The van der Waals surface area contributed by atoms with Crippen molar-refractivity contribution < 1.29 is 14.0 Å². The first kappa shape index (κ1) is 23.0. The molecule has 0 spiro atoms. The minimum Gasteiger partial charge on any atom is -0.337 e. The van der Waals surface area contributed by atoms with E-state index in [9.17, 15) is 14.0 Å². The van der Waals surface area contributed by atoms with Crippen LogP contribution < -0.4 is 10.6 Å². The van der Waals surface area contributed by atoms with E-state index in [2.05, 4.69) is 30.7 Å². The van der Waals surface area contributed by atoms with Crippen LogP contribution in [0.5, 0.6) is 0 Å². The summed E-state index contributed by atoms with van der Waals surface area (Å²) in [6.07, 6.45) is 1.75. The maximum Gasteiger partial charge on any atom is 0.266 e. The van der Waals surface area contributed by atoms with Crippen molar-refractivity contribution in [2.24, 2.45) is 9.98 Å². The monoisotopic (exact) mass is 461 g/mol. The van der Waals surface area contributed by atoms with E-state index in [4.69, 9.17) is 0 Å². The zero-order chi connectivity index (χ0) is 24.1. The molecule has 9 nitrogen and oxygen atoms in total. The first-order chi connectivity index (χ1) is 16.3. The molecule has 0 aliphatic carbocycles. The molecule has 0 saturated carbocycles. The molecule has 0 atom stereocenters. The number of hydrogen-bond donors (Lipinski definition) is 2. The summed E-state index contributed by atoms with van der Waals surface area (Å²) in [5.74, 6) is -0.742. The van der Waals surface area contributed by atoms with Crippen LogP contribution in [0.2, 0.25) is 0 Å². The van der Waals surface area contributed by atoms with Gasteiger partial charge in [0.15, 0.2) is 5.82 Å². The van der Waals surface area contributed by atoms with E-state index in [-0.39, 0.29) is 11.8 Å². The van der Waals surface area contributed by atoms with Gasteiger partial charge >= 0.3 is 0 Å². The van der Waals surface area contributed by atoms with Gasteiger partial charge in [0.25, 0.3) is 11.8 Å². The highest BCUT2D eigenvalue weighted by molar-refractivity contribution is 6.40. The van der Waals surface area contributed by atoms with Crippen molar-refractivity contribution in [2.75, 3.05) is 11.9 Å². The normalized spacial score (nSPS) is 13.3. The molecule has 0 radical (unpaired) electrons. The standard InChI is InChI=1S/C24H24FN7O2/c1-24(2,30-21(33)19-12-13-26-15-27-19)22(34)29-23-28-20(17-8-10-18(25)11-9-17)32(31-23)14-16-6-4-3-5-7-16/h3-11,15H,12-14H2,1-2H3,(H,30,33)(H,29,31,34). The third-order valence-electron chi connectivity index (χ3n) is 5.20. The lowest BCUT2D eigenvalue weighted by Gasteiger charge is -2.24. The number of nitrogens with zero attached hydrogens (tertiary/aromatic N) is 5. The number of benzene rings is 2. The van der Waals surface area contributed by atoms with Crippen LogP contribution in [0.15, 0.2) is 64.6 Å². The van der Waals surface area contributed by atoms with Gasteiger partial charge in [0.1, 0.15) is 23.4 Å². The summed E-state index contributed by atoms with van der Waals surface area (Å²) < 4.78 is 15.1. The second-order valence-electron chi connectivity index (χ2n) is 8.29. The van der Waals surface area contributed by atoms with Crippen molar-refractivity contribution >= 4 is 29.8 Å². The lowest BCUT2D eigenvalue weighted by molar-refractivity contribution is -0.126. The Morgan fingerprint density at radius 2 is 1.82 bits per heavy atom. The average molecular weight is 462 g/mol. The zero-order valence-corrected chi connectivity index (χ0v) is 18.8. The molecule has 34 heavy (non-hydrogen) atoms. The fraction of sp³-hybridized carbons (Fsp3) is 0.250. The van der Waals surface area contributed by atoms with E-state index in [1.807, 2.05) is 30.3 Å². The van der Waals surface area contributed by atoms with Crippen LogP contribution in [-0.4, -0.2) is 50.7 Å². The minimum absolute atomic E-state index is 0.0738. The van der Waals surface area contributed by atoms with Crippen LogP contribution in [0.25, 0.3) is 11.4 Å². The van der Waals surface area contributed by atoms with Gasteiger partial charge in [0.2, 0.25) is 5.95 Å². The molecule has 1 aromatic heterocycles. The van der Waals surface area contributed by atoms with Gasteiger partial charge in [-0.15, -0.1) is 5.10 Å². The summed E-state index contributed by atoms with van der Waals surface area (Å²) in [5, 5.41) is 9.83. The first-order valence-electron chi connectivity index (χ1n) is 10.8. The third-order valence-corrected chi connectivity index (χ3v) is 5.20. The molecule has 1 aliphatic heterocycles. The van der Waals surface area contributed by atoms with Crippen molar-refractivity contribution in [3.63, 3.8) is 0 Å². The van der Waals surface area contributed by atoms with Gasteiger partial charge in [-0.25, -0.2) is 14.1 Å². The maximum atomic E-state index is 13.4. The number of hydrogen-bond acceptors (Lipinski definition) is 6.